The van der Waals surface area contributed by atoms with Crippen molar-refractivity contribution in [2.45, 2.75) is 13.8 Å². The summed E-state index contributed by atoms with van der Waals surface area (Å²) in [7, 11) is 0. The SMILES string of the molecule is C=C(C)COC(=O)c1cnn(-c2ccccc2)c1C. The molecular weight excluding hydrogens is 240 g/mol. The van der Waals surface area contributed by atoms with Crippen molar-refractivity contribution in [2.24, 2.45) is 0 Å². The molecule has 0 bridgehead atoms. The van der Waals surface area contributed by atoms with Crippen LogP contribution in [0.15, 0.2) is 48.7 Å². The first kappa shape index (κ1) is 13.1. The molecule has 2 aromatic rings. The van der Waals surface area contributed by atoms with Crippen LogP contribution in [0.3, 0.4) is 0 Å². The van der Waals surface area contributed by atoms with Crippen molar-refractivity contribution in [3.8, 4) is 5.69 Å². The summed E-state index contributed by atoms with van der Waals surface area (Å²) in [4.78, 5) is 11.9. The van der Waals surface area contributed by atoms with Crippen LogP contribution in [0.5, 0.6) is 0 Å². The summed E-state index contributed by atoms with van der Waals surface area (Å²) >= 11 is 0. The summed E-state index contributed by atoms with van der Waals surface area (Å²) < 4.78 is 6.85. The lowest BCUT2D eigenvalue weighted by Gasteiger charge is -2.06. The van der Waals surface area contributed by atoms with Gasteiger partial charge >= 0.3 is 5.97 Å². The number of aromatic nitrogens is 2. The normalized spacial score (nSPS) is 10.2. The van der Waals surface area contributed by atoms with Gasteiger partial charge < -0.3 is 4.74 Å². The Labute approximate surface area is 112 Å². The molecule has 4 heteroatoms. The van der Waals surface area contributed by atoms with E-state index < -0.39 is 0 Å². The van der Waals surface area contributed by atoms with Crippen LogP contribution in [-0.2, 0) is 4.74 Å². The van der Waals surface area contributed by atoms with E-state index in [9.17, 15) is 4.79 Å². The summed E-state index contributed by atoms with van der Waals surface area (Å²) in [6.45, 7) is 7.59. The van der Waals surface area contributed by atoms with Gasteiger partial charge in [-0.15, -0.1) is 0 Å². The number of ether oxygens (including phenoxy) is 1. The van der Waals surface area contributed by atoms with E-state index in [1.165, 1.54) is 6.20 Å². The molecule has 1 heterocycles. The van der Waals surface area contributed by atoms with Gasteiger partial charge in [-0.3, -0.25) is 0 Å². The maximum absolute atomic E-state index is 11.9. The molecule has 1 aromatic heterocycles. The summed E-state index contributed by atoms with van der Waals surface area (Å²) in [6.07, 6.45) is 1.53. The molecule has 0 saturated carbocycles. The molecule has 0 aliphatic rings. The van der Waals surface area contributed by atoms with Gasteiger partial charge in [0.2, 0.25) is 0 Å². The maximum Gasteiger partial charge on any atom is 0.341 e. The highest BCUT2D eigenvalue weighted by Crippen LogP contribution is 2.14. The lowest BCUT2D eigenvalue weighted by molar-refractivity contribution is 0.0539. The molecule has 0 aliphatic carbocycles. The molecule has 1 aromatic carbocycles. The minimum atomic E-state index is -0.373. The van der Waals surface area contributed by atoms with Crippen LogP contribution in [0, 0.1) is 6.92 Å². The Morgan fingerprint density at radius 3 is 2.68 bits per heavy atom. The van der Waals surface area contributed by atoms with E-state index in [2.05, 4.69) is 11.7 Å². The van der Waals surface area contributed by atoms with Crippen molar-refractivity contribution in [1.82, 2.24) is 9.78 Å². The second kappa shape index (κ2) is 5.52. The Bertz CT molecular complexity index is 600. The number of carbonyl (C=O) groups excluding carboxylic acids is 1. The molecule has 0 radical (unpaired) electrons. The number of hydrogen-bond donors (Lipinski definition) is 0. The zero-order valence-corrected chi connectivity index (χ0v) is 11.1. The molecule has 0 N–H and O–H groups in total. The Balaban J connectivity index is 2.24. The topological polar surface area (TPSA) is 44.1 Å². The molecule has 0 atom stereocenters. The summed E-state index contributed by atoms with van der Waals surface area (Å²) in [5.74, 6) is -0.373. The minimum absolute atomic E-state index is 0.231. The lowest BCUT2D eigenvalue weighted by atomic mass is 10.2. The Morgan fingerprint density at radius 1 is 1.37 bits per heavy atom. The quantitative estimate of drug-likeness (QED) is 0.624. The second-order valence-electron chi connectivity index (χ2n) is 4.42. The highest BCUT2D eigenvalue weighted by atomic mass is 16.5. The van der Waals surface area contributed by atoms with Gasteiger partial charge in [-0.05, 0) is 31.6 Å². The van der Waals surface area contributed by atoms with Crippen molar-refractivity contribution >= 4 is 5.97 Å². The molecule has 0 fully saturated rings. The van der Waals surface area contributed by atoms with Gasteiger partial charge in [0.1, 0.15) is 12.2 Å². The summed E-state index contributed by atoms with van der Waals surface area (Å²) in [6, 6.07) is 9.65. The third-order valence-corrected chi connectivity index (χ3v) is 2.68. The van der Waals surface area contributed by atoms with Crippen molar-refractivity contribution in [3.63, 3.8) is 0 Å². The number of nitrogens with zero attached hydrogens (tertiary/aromatic N) is 2. The molecule has 0 unspecified atom stereocenters. The monoisotopic (exact) mass is 256 g/mol. The van der Waals surface area contributed by atoms with Gasteiger partial charge in [0.25, 0.3) is 0 Å². The molecule has 0 aliphatic heterocycles. The van der Waals surface area contributed by atoms with Gasteiger partial charge in [-0.2, -0.15) is 5.10 Å². The van der Waals surface area contributed by atoms with Gasteiger partial charge in [0.05, 0.1) is 17.6 Å². The fraction of sp³-hybridized carbons (Fsp3) is 0.200. The molecule has 98 valence electrons. The van der Waals surface area contributed by atoms with E-state index in [4.69, 9.17) is 4.74 Å². The third kappa shape index (κ3) is 2.91. The second-order valence-corrected chi connectivity index (χ2v) is 4.42. The van der Waals surface area contributed by atoms with Crippen LogP contribution in [0.1, 0.15) is 23.0 Å². The number of esters is 1. The largest absolute Gasteiger partial charge is 0.458 e. The predicted molar refractivity (Wildman–Crippen MR) is 73.4 cm³/mol. The van der Waals surface area contributed by atoms with E-state index in [0.29, 0.717) is 5.56 Å². The van der Waals surface area contributed by atoms with E-state index in [0.717, 1.165) is 17.0 Å². The van der Waals surface area contributed by atoms with Crippen LogP contribution < -0.4 is 0 Å². The van der Waals surface area contributed by atoms with Crippen molar-refractivity contribution in [1.29, 1.82) is 0 Å². The highest BCUT2D eigenvalue weighted by Gasteiger charge is 2.16. The molecule has 0 saturated heterocycles. The zero-order valence-electron chi connectivity index (χ0n) is 11.1. The molecule has 0 spiro atoms. The van der Waals surface area contributed by atoms with E-state index in [1.54, 1.807) is 4.68 Å². The van der Waals surface area contributed by atoms with E-state index >= 15 is 0 Å². The first-order valence-corrected chi connectivity index (χ1v) is 6.01. The number of hydrogen-bond acceptors (Lipinski definition) is 3. The first-order chi connectivity index (χ1) is 9.09. The number of benzene rings is 1. The summed E-state index contributed by atoms with van der Waals surface area (Å²) in [5, 5.41) is 4.23. The average molecular weight is 256 g/mol. The molecule has 0 amide bonds. The fourth-order valence-corrected chi connectivity index (χ4v) is 1.71. The lowest BCUT2D eigenvalue weighted by Crippen LogP contribution is -2.08. The maximum atomic E-state index is 11.9. The van der Waals surface area contributed by atoms with Gasteiger partial charge in [0, 0.05) is 0 Å². The third-order valence-electron chi connectivity index (χ3n) is 2.68. The Morgan fingerprint density at radius 2 is 2.05 bits per heavy atom. The smallest absolute Gasteiger partial charge is 0.341 e. The highest BCUT2D eigenvalue weighted by molar-refractivity contribution is 5.90. The zero-order chi connectivity index (χ0) is 13.8. The Kier molecular flexibility index (Phi) is 3.80. The fourth-order valence-electron chi connectivity index (χ4n) is 1.71. The number of rotatable bonds is 4. The standard InChI is InChI=1S/C15H16N2O2/c1-11(2)10-19-15(18)14-9-16-17(12(14)3)13-7-5-4-6-8-13/h4-9H,1,10H2,2-3H3. The number of para-hydroxylation sites is 1. The molecule has 19 heavy (non-hydrogen) atoms. The molecule has 4 nitrogen and oxygen atoms in total. The van der Waals surface area contributed by atoms with Crippen LogP contribution in [0.4, 0.5) is 0 Å². The van der Waals surface area contributed by atoms with Crippen LogP contribution in [0.2, 0.25) is 0 Å². The summed E-state index contributed by atoms with van der Waals surface area (Å²) in [5.41, 5.74) is 2.96. The van der Waals surface area contributed by atoms with Crippen molar-refractivity contribution in [2.75, 3.05) is 6.61 Å². The van der Waals surface area contributed by atoms with Gasteiger partial charge in [-0.25, -0.2) is 9.48 Å². The minimum Gasteiger partial charge on any atom is -0.458 e. The van der Waals surface area contributed by atoms with Gasteiger partial charge in [0.15, 0.2) is 0 Å². The van der Waals surface area contributed by atoms with E-state index in [1.807, 2.05) is 44.2 Å². The van der Waals surface area contributed by atoms with Crippen LogP contribution in [0.25, 0.3) is 5.69 Å². The van der Waals surface area contributed by atoms with Crippen molar-refractivity contribution in [3.05, 3.63) is 59.9 Å². The first-order valence-electron chi connectivity index (χ1n) is 6.01. The van der Waals surface area contributed by atoms with Crippen LogP contribution in [-0.4, -0.2) is 22.4 Å². The van der Waals surface area contributed by atoms with Gasteiger partial charge in [-0.1, -0.05) is 24.8 Å². The Hall–Kier alpha value is -2.36. The number of carbonyl (C=O) groups is 1. The van der Waals surface area contributed by atoms with E-state index in [-0.39, 0.29) is 12.6 Å². The predicted octanol–water partition coefficient (Wildman–Crippen LogP) is 2.91. The molecule has 2 rings (SSSR count). The molecular formula is C15H16N2O2. The van der Waals surface area contributed by atoms with Crippen LogP contribution >= 0.6 is 0 Å². The van der Waals surface area contributed by atoms with Crippen molar-refractivity contribution < 1.29 is 9.53 Å². The average Bonchev–Trinajstić information content (AvgIpc) is 2.79.